The molecule has 0 spiro atoms. The number of nitrogens with zero attached hydrogens (tertiary/aromatic N) is 1. The van der Waals surface area contributed by atoms with Crippen LogP contribution in [0.4, 0.5) is 0 Å². The molecule has 0 aromatic heterocycles. The van der Waals surface area contributed by atoms with Gasteiger partial charge in [-0.15, -0.1) is 11.8 Å². The van der Waals surface area contributed by atoms with E-state index in [1.807, 2.05) is 0 Å². The summed E-state index contributed by atoms with van der Waals surface area (Å²) in [5.74, 6) is -0.723. The number of carbonyl (C=O) groups is 4. The molecule has 0 aliphatic carbocycles. The van der Waals surface area contributed by atoms with Gasteiger partial charge in [-0.1, -0.05) is 0 Å². The zero-order chi connectivity index (χ0) is 12.3. The van der Waals surface area contributed by atoms with Crippen molar-refractivity contribution in [2.75, 3.05) is 12.3 Å². The molecule has 1 heterocycles. The number of carbonyl (C=O) groups excluding carboxylic acids is 4. The lowest BCUT2D eigenvalue weighted by Gasteiger charge is -2.12. The highest BCUT2D eigenvalue weighted by Crippen LogP contribution is 2.24. The molecule has 1 rings (SSSR count). The fourth-order valence-corrected chi connectivity index (χ4v) is 2.36. The number of imide groups is 1. The Morgan fingerprint density at radius 1 is 1.31 bits per heavy atom. The summed E-state index contributed by atoms with van der Waals surface area (Å²) in [6, 6.07) is 0. The fraction of sp³-hybridized carbons (Fsp3) is 0.600. The monoisotopic (exact) mass is 243 g/mol. The smallest absolute Gasteiger partial charge is 0.243 e. The summed E-state index contributed by atoms with van der Waals surface area (Å²) in [6.07, 6.45) is 0.0874. The molecule has 2 amide bonds. The zero-order valence-corrected chi connectivity index (χ0v) is 10.0. The topological polar surface area (TPSA) is 71.5 Å². The maximum atomic E-state index is 11.7. The molecule has 0 saturated carbocycles. The van der Waals surface area contributed by atoms with Gasteiger partial charge < -0.3 is 0 Å². The van der Waals surface area contributed by atoms with Gasteiger partial charge in [0.2, 0.25) is 11.8 Å². The Labute approximate surface area is 97.5 Å². The summed E-state index contributed by atoms with van der Waals surface area (Å²) >= 11 is 1.16. The fourth-order valence-electron chi connectivity index (χ4n) is 1.39. The molecular formula is C10H13NO4S. The van der Waals surface area contributed by atoms with Gasteiger partial charge in [-0.3, -0.25) is 24.1 Å². The highest BCUT2D eigenvalue weighted by Gasteiger charge is 2.39. The quantitative estimate of drug-likeness (QED) is 0.637. The Balaban J connectivity index is 2.59. The minimum atomic E-state index is -0.504. The maximum Gasteiger partial charge on any atom is 0.243 e. The molecule has 16 heavy (non-hydrogen) atoms. The van der Waals surface area contributed by atoms with E-state index in [4.69, 9.17) is 0 Å². The van der Waals surface area contributed by atoms with E-state index >= 15 is 0 Å². The first-order valence-corrected chi connectivity index (χ1v) is 5.91. The Kier molecular flexibility index (Phi) is 4.23. The van der Waals surface area contributed by atoms with E-state index in [0.29, 0.717) is 0 Å². The van der Waals surface area contributed by atoms with Crippen molar-refractivity contribution in [1.82, 2.24) is 4.90 Å². The molecule has 1 aliphatic rings. The van der Waals surface area contributed by atoms with Crippen LogP contribution in [0, 0.1) is 0 Å². The molecule has 1 unspecified atom stereocenters. The van der Waals surface area contributed by atoms with Crippen LogP contribution in [0.2, 0.25) is 0 Å². The lowest BCUT2D eigenvalue weighted by atomic mass is 10.4. The van der Waals surface area contributed by atoms with E-state index in [1.54, 1.807) is 0 Å². The second kappa shape index (κ2) is 5.25. The Bertz CT molecular complexity index is 353. The number of hydrogen-bond donors (Lipinski definition) is 0. The van der Waals surface area contributed by atoms with Crippen LogP contribution in [0.25, 0.3) is 0 Å². The van der Waals surface area contributed by atoms with Crippen molar-refractivity contribution in [3.63, 3.8) is 0 Å². The molecule has 1 fully saturated rings. The predicted molar refractivity (Wildman–Crippen MR) is 58.9 cm³/mol. The van der Waals surface area contributed by atoms with E-state index < -0.39 is 5.25 Å². The number of rotatable bonds is 5. The number of amides is 2. The second-order valence-corrected chi connectivity index (χ2v) is 4.92. The first kappa shape index (κ1) is 12.9. The molecule has 6 heteroatoms. The summed E-state index contributed by atoms with van der Waals surface area (Å²) in [5, 5.41) is -0.504. The van der Waals surface area contributed by atoms with Crippen molar-refractivity contribution in [3.8, 4) is 0 Å². The third-order valence-electron chi connectivity index (χ3n) is 2.07. The molecule has 88 valence electrons. The summed E-state index contributed by atoms with van der Waals surface area (Å²) < 4.78 is 0. The average Bonchev–Trinajstić information content (AvgIpc) is 2.42. The normalized spacial score (nSPS) is 20.4. The third-order valence-corrected chi connectivity index (χ3v) is 3.41. The van der Waals surface area contributed by atoms with Crippen molar-refractivity contribution in [2.45, 2.75) is 25.5 Å². The molecule has 0 radical (unpaired) electrons. The van der Waals surface area contributed by atoms with Gasteiger partial charge in [0.15, 0.2) is 0 Å². The van der Waals surface area contributed by atoms with Crippen LogP contribution in [-0.4, -0.2) is 45.8 Å². The SMILES string of the molecule is CC(=O)CSC1CC(=O)N(CC(C)=O)C1=O. The number of likely N-dealkylation sites (tertiary alicyclic amines) is 1. The lowest BCUT2D eigenvalue weighted by Crippen LogP contribution is -2.35. The standard InChI is InChI=1S/C10H13NO4S/c1-6(12)4-11-9(14)3-8(10(11)15)16-5-7(2)13/h8H,3-5H2,1-2H3. The molecule has 1 atom stereocenters. The molecule has 0 aromatic rings. The predicted octanol–water partition coefficient (Wildman–Crippen LogP) is 0.0251. The minimum absolute atomic E-state index is 0.0322. The summed E-state index contributed by atoms with van der Waals surface area (Å²) in [5.41, 5.74) is 0. The maximum absolute atomic E-state index is 11.7. The van der Waals surface area contributed by atoms with Gasteiger partial charge in [-0.25, -0.2) is 0 Å². The van der Waals surface area contributed by atoms with Crippen molar-refractivity contribution in [3.05, 3.63) is 0 Å². The Morgan fingerprint density at radius 2 is 1.94 bits per heavy atom. The molecular weight excluding hydrogens is 230 g/mol. The lowest BCUT2D eigenvalue weighted by molar-refractivity contribution is -0.141. The molecule has 0 aromatic carbocycles. The highest BCUT2D eigenvalue weighted by molar-refractivity contribution is 8.01. The summed E-state index contributed by atoms with van der Waals surface area (Å²) in [7, 11) is 0. The van der Waals surface area contributed by atoms with E-state index in [2.05, 4.69) is 0 Å². The third kappa shape index (κ3) is 3.16. The first-order valence-electron chi connectivity index (χ1n) is 4.86. The zero-order valence-electron chi connectivity index (χ0n) is 9.19. The van der Waals surface area contributed by atoms with Crippen LogP contribution in [0.15, 0.2) is 0 Å². The van der Waals surface area contributed by atoms with E-state index in [0.717, 1.165) is 16.7 Å². The Hall–Kier alpha value is -1.17. The van der Waals surface area contributed by atoms with Gasteiger partial charge >= 0.3 is 0 Å². The number of Topliss-reactive ketones (excluding diaryl/α,β-unsaturated/α-hetero) is 2. The van der Waals surface area contributed by atoms with Crippen molar-refractivity contribution in [1.29, 1.82) is 0 Å². The van der Waals surface area contributed by atoms with Crippen molar-refractivity contribution in [2.24, 2.45) is 0 Å². The largest absolute Gasteiger partial charge is 0.299 e. The van der Waals surface area contributed by atoms with Gasteiger partial charge in [0.1, 0.15) is 11.6 Å². The van der Waals surface area contributed by atoms with Gasteiger partial charge in [-0.05, 0) is 13.8 Å². The van der Waals surface area contributed by atoms with Crippen LogP contribution in [0.3, 0.4) is 0 Å². The van der Waals surface area contributed by atoms with Crippen LogP contribution in [0.5, 0.6) is 0 Å². The van der Waals surface area contributed by atoms with Gasteiger partial charge in [0.05, 0.1) is 17.5 Å². The van der Waals surface area contributed by atoms with Gasteiger partial charge in [0.25, 0.3) is 0 Å². The van der Waals surface area contributed by atoms with Gasteiger partial charge in [-0.2, -0.15) is 0 Å². The number of thioether (sulfide) groups is 1. The Morgan fingerprint density at radius 3 is 2.44 bits per heavy atom. The van der Waals surface area contributed by atoms with Crippen molar-refractivity contribution < 1.29 is 19.2 Å². The van der Waals surface area contributed by atoms with Crippen LogP contribution >= 0.6 is 11.8 Å². The van der Waals surface area contributed by atoms with E-state index in [9.17, 15) is 19.2 Å². The van der Waals surface area contributed by atoms with Crippen molar-refractivity contribution >= 4 is 35.1 Å². The second-order valence-electron chi connectivity index (χ2n) is 3.73. The minimum Gasteiger partial charge on any atom is -0.299 e. The van der Waals surface area contributed by atoms with Crippen LogP contribution < -0.4 is 0 Å². The first-order chi connectivity index (χ1) is 7.41. The average molecular weight is 243 g/mol. The summed E-state index contributed by atoms with van der Waals surface area (Å²) in [6.45, 7) is 2.60. The molecule has 0 bridgehead atoms. The molecule has 5 nitrogen and oxygen atoms in total. The molecule has 0 N–H and O–H groups in total. The molecule has 1 saturated heterocycles. The van der Waals surface area contributed by atoms with Crippen LogP contribution in [-0.2, 0) is 19.2 Å². The van der Waals surface area contributed by atoms with E-state index in [1.165, 1.54) is 13.8 Å². The van der Waals surface area contributed by atoms with Gasteiger partial charge in [0, 0.05) is 6.42 Å². The van der Waals surface area contributed by atoms with E-state index in [-0.39, 0.29) is 42.1 Å². The highest BCUT2D eigenvalue weighted by atomic mass is 32.2. The number of ketones is 2. The van der Waals surface area contributed by atoms with Crippen LogP contribution in [0.1, 0.15) is 20.3 Å². The number of hydrogen-bond acceptors (Lipinski definition) is 5. The molecule has 1 aliphatic heterocycles. The summed E-state index contributed by atoms with van der Waals surface area (Å²) in [4.78, 5) is 45.7.